The number of anilines is 1. The highest BCUT2D eigenvalue weighted by atomic mass is 32.2. The molecular formula is C13H16N4O2S. The van der Waals surface area contributed by atoms with Gasteiger partial charge in [-0.1, -0.05) is 6.07 Å². The lowest BCUT2D eigenvalue weighted by Crippen LogP contribution is -2.18. The molecule has 0 aliphatic rings. The highest BCUT2D eigenvalue weighted by Gasteiger charge is 2.12. The van der Waals surface area contributed by atoms with Crippen LogP contribution in [0.5, 0.6) is 0 Å². The number of sulfonamides is 1. The standard InChI is InChI=1S/C13H16N4O2S/c1-10-3-4-12(20(18,19)14-2)7-13(10)17-9-11-8-15-5-6-16-11/h3-8,14,17H,9H2,1-2H3. The van der Waals surface area contributed by atoms with Gasteiger partial charge in [0.25, 0.3) is 0 Å². The summed E-state index contributed by atoms with van der Waals surface area (Å²) in [6.07, 6.45) is 4.89. The van der Waals surface area contributed by atoms with E-state index < -0.39 is 10.0 Å². The first-order valence-corrected chi connectivity index (χ1v) is 7.54. The quantitative estimate of drug-likeness (QED) is 0.868. The van der Waals surface area contributed by atoms with E-state index in [0.29, 0.717) is 6.54 Å². The van der Waals surface area contributed by atoms with Gasteiger partial charge in [0.2, 0.25) is 10.0 Å². The van der Waals surface area contributed by atoms with E-state index in [4.69, 9.17) is 0 Å². The Morgan fingerprint density at radius 2 is 2.05 bits per heavy atom. The SMILES string of the molecule is CNS(=O)(=O)c1ccc(C)c(NCc2cnccn2)c1. The van der Waals surface area contributed by atoms with Crippen LogP contribution >= 0.6 is 0 Å². The number of nitrogens with zero attached hydrogens (tertiary/aromatic N) is 2. The minimum absolute atomic E-state index is 0.229. The third-order valence-electron chi connectivity index (χ3n) is 2.86. The Hall–Kier alpha value is -1.99. The Morgan fingerprint density at radius 1 is 1.25 bits per heavy atom. The number of rotatable bonds is 5. The molecule has 0 saturated carbocycles. The summed E-state index contributed by atoms with van der Waals surface area (Å²) in [5.74, 6) is 0. The maximum absolute atomic E-state index is 11.8. The van der Waals surface area contributed by atoms with E-state index in [9.17, 15) is 8.42 Å². The third-order valence-corrected chi connectivity index (χ3v) is 4.28. The molecule has 0 bridgehead atoms. The van der Waals surface area contributed by atoms with Gasteiger partial charge in [-0.3, -0.25) is 9.97 Å². The predicted octanol–water partition coefficient (Wildman–Crippen LogP) is 1.31. The lowest BCUT2D eigenvalue weighted by Gasteiger charge is -2.11. The Labute approximate surface area is 118 Å². The summed E-state index contributed by atoms with van der Waals surface area (Å²) in [7, 11) is -2.05. The minimum atomic E-state index is -3.44. The summed E-state index contributed by atoms with van der Waals surface area (Å²) >= 11 is 0. The summed E-state index contributed by atoms with van der Waals surface area (Å²) in [5.41, 5.74) is 2.50. The molecule has 0 unspecified atom stereocenters. The van der Waals surface area contributed by atoms with Crippen LogP contribution in [0.1, 0.15) is 11.3 Å². The fourth-order valence-electron chi connectivity index (χ4n) is 1.68. The van der Waals surface area contributed by atoms with Gasteiger partial charge in [0.1, 0.15) is 0 Å². The second-order valence-electron chi connectivity index (χ2n) is 4.23. The van der Waals surface area contributed by atoms with Crippen LogP contribution in [0, 0.1) is 6.92 Å². The van der Waals surface area contributed by atoms with Gasteiger partial charge in [0, 0.05) is 18.1 Å². The Kier molecular flexibility index (Phi) is 4.31. The van der Waals surface area contributed by atoms with E-state index in [-0.39, 0.29) is 4.90 Å². The van der Waals surface area contributed by atoms with E-state index in [0.717, 1.165) is 16.9 Å². The van der Waals surface area contributed by atoms with Crippen molar-refractivity contribution in [1.29, 1.82) is 0 Å². The fourth-order valence-corrected chi connectivity index (χ4v) is 2.44. The zero-order chi connectivity index (χ0) is 14.6. The van der Waals surface area contributed by atoms with Crippen LogP contribution in [0.15, 0.2) is 41.7 Å². The smallest absolute Gasteiger partial charge is 0.240 e. The number of nitrogens with one attached hydrogen (secondary N) is 2. The van der Waals surface area contributed by atoms with Crippen LogP contribution < -0.4 is 10.0 Å². The molecule has 0 aliphatic heterocycles. The molecule has 1 aromatic carbocycles. The third kappa shape index (κ3) is 3.31. The molecular weight excluding hydrogens is 276 g/mol. The lowest BCUT2D eigenvalue weighted by molar-refractivity contribution is 0.588. The first-order chi connectivity index (χ1) is 9.53. The summed E-state index contributed by atoms with van der Waals surface area (Å²) in [6, 6.07) is 4.95. The molecule has 2 N–H and O–H groups in total. The van der Waals surface area contributed by atoms with Crippen LogP contribution in [-0.4, -0.2) is 25.4 Å². The lowest BCUT2D eigenvalue weighted by atomic mass is 10.2. The van der Waals surface area contributed by atoms with Crippen molar-refractivity contribution in [2.45, 2.75) is 18.4 Å². The van der Waals surface area contributed by atoms with E-state index in [2.05, 4.69) is 20.0 Å². The van der Waals surface area contributed by atoms with Crippen molar-refractivity contribution in [1.82, 2.24) is 14.7 Å². The Bertz CT molecular complexity index is 687. The summed E-state index contributed by atoms with van der Waals surface area (Å²) < 4.78 is 25.9. The Balaban J connectivity index is 2.22. The van der Waals surface area contributed by atoms with E-state index in [1.165, 1.54) is 7.05 Å². The maximum atomic E-state index is 11.8. The molecule has 0 saturated heterocycles. The second kappa shape index (κ2) is 5.98. The highest BCUT2D eigenvalue weighted by Crippen LogP contribution is 2.20. The molecule has 7 heteroatoms. The predicted molar refractivity (Wildman–Crippen MR) is 76.8 cm³/mol. The van der Waals surface area contributed by atoms with Gasteiger partial charge in [-0.15, -0.1) is 0 Å². The molecule has 2 rings (SSSR count). The molecule has 1 heterocycles. The second-order valence-corrected chi connectivity index (χ2v) is 6.12. The van der Waals surface area contributed by atoms with Crippen molar-refractivity contribution >= 4 is 15.7 Å². The largest absolute Gasteiger partial charge is 0.379 e. The van der Waals surface area contributed by atoms with Gasteiger partial charge in [-0.05, 0) is 31.7 Å². The Morgan fingerprint density at radius 3 is 2.70 bits per heavy atom. The van der Waals surface area contributed by atoms with Crippen LogP contribution in [0.2, 0.25) is 0 Å². The monoisotopic (exact) mass is 292 g/mol. The molecule has 20 heavy (non-hydrogen) atoms. The molecule has 2 aromatic rings. The van der Waals surface area contributed by atoms with Crippen molar-refractivity contribution < 1.29 is 8.42 Å². The van der Waals surface area contributed by atoms with Gasteiger partial charge in [-0.25, -0.2) is 13.1 Å². The maximum Gasteiger partial charge on any atom is 0.240 e. The summed E-state index contributed by atoms with van der Waals surface area (Å²) in [5, 5.41) is 3.17. The van der Waals surface area contributed by atoms with Gasteiger partial charge in [0.05, 0.1) is 23.3 Å². The zero-order valence-corrected chi connectivity index (χ0v) is 12.1. The van der Waals surface area contributed by atoms with Crippen molar-refractivity contribution in [2.75, 3.05) is 12.4 Å². The normalized spacial score (nSPS) is 11.3. The average molecular weight is 292 g/mol. The first kappa shape index (κ1) is 14.4. The van der Waals surface area contributed by atoms with Crippen LogP contribution in [0.3, 0.4) is 0 Å². The molecule has 0 radical (unpaired) electrons. The molecule has 0 spiro atoms. The van der Waals surface area contributed by atoms with Gasteiger partial charge in [0.15, 0.2) is 0 Å². The summed E-state index contributed by atoms with van der Waals surface area (Å²) in [6.45, 7) is 2.40. The van der Waals surface area contributed by atoms with E-state index in [1.807, 2.05) is 6.92 Å². The van der Waals surface area contributed by atoms with Crippen molar-refractivity contribution in [2.24, 2.45) is 0 Å². The molecule has 0 aliphatic carbocycles. The fraction of sp³-hybridized carbons (Fsp3) is 0.231. The first-order valence-electron chi connectivity index (χ1n) is 6.06. The molecule has 0 fully saturated rings. The van der Waals surface area contributed by atoms with Gasteiger partial charge >= 0.3 is 0 Å². The minimum Gasteiger partial charge on any atom is -0.379 e. The van der Waals surface area contributed by atoms with Crippen molar-refractivity contribution in [3.8, 4) is 0 Å². The summed E-state index contributed by atoms with van der Waals surface area (Å²) in [4.78, 5) is 8.37. The van der Waals surface area contributed by atoms with Crippen LogP contribution in [0.4, 0.5) is 5.69 Å². The number of aryl methyl sites for hydroxylation is 1. The molecule has 106 valence electrons. The molecule has 0 amide bonds. The number of benzene rings is 1. The molecule has 1 aromatic heterocycles. The highest BCUT2D eigenvalue weighted by molar-refractivity contribution is 7.89. The van der Waals surface area contributed by atoms with Crippen LogP contribution in [0.25, 0.3) is 0 Å². The number of aromatic nitrogens is 2. The van der Waals surface area contributed by atoms with E-state index >= 15 is 0 Å². The van der Waals surface area contributed by atoms with Crippen LogP contribution in [-0.2, 0) is 16.6 Å². The van der Waals surface area contributed by atoms with Gasteiger partial charge < -0.3 is 5.32 Å². The number of hydrogen-bond acceptors (Lipinski definition) is 5. The van der Waals surface area contributed by atoms with Gasteiger partial charge in [-0.2, -0.15) is 0 Å². The molecule has 6 nitrogen and oxygen atoms in total. The molecule has 0 atom stereocenters. The zero-order valence-electron chi connectivity index (χ0n) is 11.3. The number of hydrogen-bond donors (Lipinski definition) is 2. The van der Waals surface area contributed by atoms with Crippen molar-refractivity contribution in [3.63, 3.8) is 0 Å². The van der Waals surface area contributed by atoms with E-state index in [1.54, 1.807) is 36.8 Å². The average Bonchev–Trinajstić information content (AvgIpc) is 2.47. The topological polar surface area (TPSA) is 84.0 Å². The van der Waals surface area contributed by atoms with Crippen molar-refractivity contribution in [3.05, 3.63) is 48.0 Å².